The molecular weight excluding hydrogens is 308 g/mol. The number of carbonyl (C=O) groups excluding carboxylic acids is 1. The second kappa shape index (κ2) is 7.24. The minimum atomic E-state index is -3.87. The number of benzene rings is 1. The normalized spacial score (nSPS) is 11.1. The van der Waals surface area contributed by atoms with Crippen molar-refractivity contribution in [2.24, 2.45) is 0 Å². The highest BCUT2D eigenvalue weighted by Gasteiger charge is 2.26. The number of nitriles is 1. The van der Waals surface area contributed by atoms with Crippen LogP contribution in [0.1, 0.15) is 29.8 Å². The Balaban J connectivity index is 3.63. The lowest BCUT2D eigenvalue weighted by Gasteiger charge is -2.16. The lowest BCUT2D eigenvalue weighted by atomic mass is 10.1. The van der Waals surface area contributed by atoms with Gasteiger partial charge in [-0.2, -0.15) is 5.26 Å². The predicted molar refractivity (Wildman–Crippen MR) is 79.2 cm³/mol. The topological polar surface area (TPSA) is 96.7 Å². The van der Waals surface area contributed by atoms with Gasteiger partial charge in [0.15, 0.2) is 0 Å². The Kier molecular flexibility index (Phi) is 5.91. The zero-order valence-electron chi connectivity index (χ0n) is 12.9. The molecule has 0 fully saturated rings. The van der Waals surface area contributed by atoms with E-state index in [9.17, 15) is 18.5 Å². The zero-order chi connectivity index (χ0) is 16.9. The van der Waals surface area contributed by atoms with E-state index in [4.69, 9.17) is 9.47 Å². The molecular formula is C14H18N2O5S. The van der Waals surface area contributed by atoms with Gasteiger partial charge in [-0.15, -0.1) is 0 Å². The third-order valence-corrected chi connectivity index (χ3v) is 4.61. The summed E-state index contributed by atoms with van der Waals surface area (Å²) in [4.78, 5) is 11.7. The van der Waals surface area contributed by atoms with E-state index >= 15 is 0 Å². The Bertz CT molecular complexity index is 705. The number of ether oxygens (including phenoxy) is 2. The van der Waals surface area contributed by atoms with Crippen molar-refractivity contribution in [3.05, 3.63) is 23.3 Å². The smallest absolute Gasteiger partial charge is 0.341 e. The molecule has 0 aliphatic heterocycles. The second-order valence-corrected chi connectivity index (χ2v) is 6.52. The summed E-state index contributed by atoms with van der Waals surface area (Å²) in [5.74, 6) is -0.583. The third kappa shape index (κ3) is 3.55. The van der Waals surface area contributed by atoms with E-state index in [1.807, 2.05) is 6.07 Å². The van der Waals surface area contributed by atoms with Crippen molar-refractivity contribution in [2.45, 2.75) is 18.7 Å². The Morgan fingerprint density at radius 2 is 1.91 bits per heavy atom. The monoisotopic (exact) mass is 326 g/mol. The maximum atomic E-state index is 12.3. The van der Waals surface area contributed by atoms with Crippen LogP contribution >= 0.6 is 0 Å². The van der Waals surface area contributed by atoms with Gasteiger partial charge in [-0.3, -0.25) is 0 Å². The molecule has 0 unspecified atom stereocenters. The number of hydrogen-bond donors (Lipinski definition) is 0. The number of carbonyl (C=O) groups is 1. The molecule has 0 aromatic heterocycles. The van der Waals surface area contributed by atoms with E-state index in [2.05, 4.69) is 0 Å². The lowest BCUT2D eigenvalue weighted by molar-refractivity contribution is 0.0521. The Hall–Kier alpha value is -2.11. The number of sulfonamides is 1. The quantitative estimate of drug-likeness (QED) is 0.733. The first-order valence-electron chi connectivity index (χ1n) is 6.60. The Morgan fingerprint density at radius 1 is 1.27 bits per heavy atom. The van der Waals surface area contributed by atoms with E-state index in [1.54, 1.807) is 13.8 Å². The highest BCUT2D eigenvalue weighted by atomic mass is 32.2. The number of rotatable bonds is 6. The van der Waals surface area contributed by atoms with Gasteiger partial charge in [0.2, 0.25) is 10.0 Å². The molecule has 8 heteroatoms. The number of nitrogens with zero attached hydrogens (tertiary/aromatic N) is 2. The number of esters is 1. The summed E-state index contributed by atoms with van der Waals surface area (Å²) >= 11 is 0. The lowest BCUT2D eigenvalue weighted by Crippen LogP contribution is -2.24. The largest absolute Gasteiger partial charge is 0.493 e. The van der Waals surface area contributed by atoms with E-state index in [1.165, 1.54) is 20.2 Å². The maximum Gasteiger partial charge on any atom is 0.341 e. The summed E-state index contributed by atoms with van der Waals surface area (Å²) in [5, 5.41) is 9.18. The molecule has 120 valence electrons. The molecule has 1 aromatic carbocycles. The van der Waals surface area contributed by atoms with Gasteiger partial charge in [0.05, 0.1) is 18.8 Å². The number of hydrogen-bond acceptors (Lipinski definition) is 6. The van der Waals surface area contributed by atoms with Gasteiger partial charge in [0.25, 0.3) is 0 Å². The maximum absolute atomic E-state index is 12.3. The molecule has 0 heterocycles. The van der Waals surface area contributed by atoms with Crippen LogP contribution < -0.4 is 4.74 Å². The van der Waals surface area contributed by atoms with E-state index in [0.717, 1.165) is 10.4 Å². The molecule has 0 amide bonds. The van der Waals surface area contributed by atoms with Crippen LogP contribution in [0.4, 0.5) is 0 Å². The average molecular weight is 326 g/mol. The van der Waals surface area contributed by atoms with Gasteiger partial charge in [-0.05, 0) is 19.9 Å². The molecule has 0 saturated heterocycles. The van der Waals surface area contributed by atoms with Gasteiger partial charge < -0.3 is 9.47 Å². The van der Waals surface area contributed by atoms with Crippen molar-refractivity contribution in [3.8, 4) is 11.8 Å². The molecule has 7 nitrogen and oxygen atoms in total. The van der Waals surface area contributed by atoms with Gasteiger partial charge in [0, 0.05) is 20.2 Å². The standard InChI is InChI=1S/C14H18N2O5S/c1-5-20-12-7-10(9-15)13(22(18,19)16(3)4)8-11(12)14(17)21-6-2/h7-8H,5-6H2,1-4H3. The molecule has 0 saturated carbocycles. The molecule has 0 aliphatic rings. The highest BCUT2D eigenvalue weighted by Crippen LogP contribution is 2.28. The van der Waals surface area contributed by atoms with Crippen molar-refractivity contribution in [2.75, 3.05) is 27.3 Å². The molecule has 0 aliphatic carbocycles. The fraction of sp³-hybridized carbons (Fsp3) is 0.429. The highest BCUT2D eigenvalue weighted by molar-refractivity contribution is 7.89. The zero-order valence-corrected chi connectivity index (χ0v) is 13.7. The summed E-state index contributed by atoms with van der Waals surface area (Å²) in [6.07, 6.45) is 0. The van der Waals surface area contributed by atoms with Crippen LogP contribution in [-0.4, -0.2) is 46.0 Å². The van der Waals surface area contributed by atoms with Crippen LogP contribution in [0.5, 0.6) is 5.75 Å². The van der Waals surface area contributed by atoms with Crippen molar-refractivity contribution in [1.82, 2.24) is 4.31 Å². The first-order chi connectivity index (χ1) is 10.3. The van der Waals surface area contributed by atoms with Crippen molar-refractivity contribution in [1.29, 1.82) is 5.26 Å². The van der Waals surface area contributed by atoms with Crippen molar-refractivity contribution >= 4 is 16.0 Å². The van der Waals surface area contributed by atoms with Crippen LogP contribution in [0.25, 0.3) is 0 Å². The van der Waals surface area contributed by atoms with Gasteiger partial charge >= 0.3 is 5.97 Å². The predicted octanol–water partition coefficient (Wildman–Crippen LogP) is 1.38. The minimum absolute atomic E-state index is 0.0249. The third-order valence-electron chi connectivity index (χ3n) is 2.76. The van der Waals surface area contributed by atoms with Gasteiger partial charge in [-0.1, -0.05) is 0 Å². The van der Waals surface area contributed by atoms with Crippen LogP contribution in [-0.2, 0) is 14.8 Å². The SMILES string of the molecule is CCOC(=O)c1cc(S(=O)(=O)N(C)C)c(C#N)cc1OCC. The van der Waals surface area contributed by atoms with E-state index in [0.29, 0.717) is 0 Å². The van der Waals surface area contributed by atoms with Crippen LogP contribution in [0, 0.1) is 11.3 Å². The van der Waals surface area contributed by atoms with Crippen molar-refractivity contribution < 1.29 is 22.7 Å². The van der Waals surface area contributed by atoms with Crippen LogP contribution in [0.2, 0.25) is 0 Å². The molecule has 1 aromatic rings. The molecule has 0 atom stereocenters. The molecule has 22 heavy (non-hydrogen) atoms. The summed E-state index contributed by atoms with van der Waals surface area (Å²) in [5.41, 5.74) is -0.117. The molecule has 0 spiro atoms. The summed E-state index contributed by atoms with van der Waals surface area (Å²) in [6.45, 7) is 3.75. The van der Waals surface area contributed by atoms with E-state index in [-0.39, 0.29) is 35.0 Å². The summed E-state index contributed by atoms with van der Waals surface area (Å²) in [6, 6.07) is 4.18. The fourth-order valence-electron chi connectivity index (χ4n) is 1.70. The van der Waals surface area contributed by atoms with E-state index < -0.39 is 16.0 Å². The summed E-state index contributed by atoms with van der Waals surface area (Å²) < 4.78 is 35.8. The minimum Gasteiger partial charge on any atom is -0.493 e. The second-order valence-electron chi connectivity index (χ2n) is 4.40. The fourth-order valence-corrected chi connectivity index (χ4v) is 2.74. The average Bonchev–Trinajstić information content (AvgIpc) is 2.46. The van der Waals surface area contributed by atoms with Gasteiger partial charge in [-0.25, -0.2) is 17.5 Å². The first-order valence-corrected chi connectivity index (χ1v) is 8.04. The molecule has 1 rings (SSSR count). The van der Waals surface area contributed by atoms with Crippen LogP contribution in [0.15, 0.2) is 17.0 Å². The molecule has 0 radical (unpaired) electrons. The van der Waals surface area contributed by atoms with Gasteiger partial charge in [0.1, 0.15) is 22.3 Å². The van der Waals surface area contributed by atoms with Crippen molar-refractivity contribution in [3.63, 3.8) is 0 Å². The Labute approximate surface area is 130 Å². The molecule has 0 N–H and O–H groups in total. The Morgan fingerprint density at radius 3 is 2.36 bits per heavy atom. The first kappa shape index (κ1) is 17.9. The molecule has 0 bridgehead atoms. The van der Waals surface area contributed by atoms with Crippen LogP contribution in [0.3, 0.4) is 0 Å². The summed E-state index contributed by atoms with van der Waals surface area (Å²) in [7, 11) is -1.19.